The van der Waals surface area contributed by atoms with Gasteiger partial charge in [-0.3, -0.25) is 4.90 Å². The minimum Gasteiger partial charge on any atom is -0.389 e. The van der Waals surface area contributed by atoms with Crippen LogP contribution >= 0.6 is 0 Å². The standard InChI is InChI=1S/C18H29N3O2/c19-17-12-15(6-9-20-17)4-5-16-13-21(10-11-23-16)14-18(22)7-2-1-3-8-18/h6,9,12,16,22H,1-5,7-8,10-11,13-14H2,(H2,19,20). The van der Waals surface area contributed by atoms with Crippen molar-refractivity contribution in [2.75, 3.05) is 32.0 Å². The Kier molecular flexibility index (Phi) is 5.51. The molecule has 0 aromatic carbocycles. The fraction of sp³-hybridized carbons (Fsp3) is 0.722. The number of morpholine rings is 1. The van der Waals surface area contributed by atoms with Gasteiger partial charge in [-0.2, -0.15) is 0 Å². The third-order valence-corrected chi connectivity index (χ3v) is 5.13. The van der Waals surface area contributed by atoms with Gasteiger partial charge in [-0.1, -0.05) is 19.3 Å². The third-order valence-electron chi connectivity index (χ3n) is 5.13. The van der Waals surface area contributed by atoms with Crippen LogP contribution in [0.15, 0.2) is 18.3 Å². The molecule has 3 rings (SSSR count). The van der Waals surface area contributed by atoms with Crippen LogP contribution in [0.25, 0.3) is 0 Å². The highest BCUT2D eigenvalue weighted by atomic mass is 16.5. The Bertz CT molecular complexity index is 503. The zero-order valence-corrected chi connectivity index (χ0v) is 13.9. The molecule has 5 heteroatoms. The number of aliphatic hydroxyl groups is 1. The minimum absolute atomic E-state index is 0.241. The van der Waals surface area contributed by atoms with Gasteiger partial charge in [-0.15, -0.1) is 0 Å². The molecule has 0 amide bonds. The molecular weight excluding hydrogens is 290 g/mol. The van der Waals surface area contributed by atoms with Crippen molar-refractivity contribution in [1.29, 1.82) is 0 Å². The molecular formula is C18H29N3O2. The van der Waals surface area contributed by atoms with Crippen LogP contribution in [0.2, 0.25) is 0 Å². The smallest absolute Gasteiger partial charge is 0.123 e. The van der Waals surface area contributed by atoms with Gasteiger partial charge >= 0.3 is 0 Å². The summed E-state index contributed by atoms with van der Waals surface area (Å²) in [6.07, 6.45) is 9.43. The van der Waals surface area contributed by atoms with Gasteiger partial charge in [-0.25, -0.2) is 4.98 Å². The summed E-state index contributed by atoms with van der Waals surface area (Å²) < 4.78 is 5.91. The van der Waals surface area contributed by atoms with Gasteiger partial charge in [0.1, 0.15) is 5.82 Å². The van der Waals surface area contributed by atoms with Gasteiger partial charge in [-0.05, 0) is 43.4 Å². The molecule has 1 unspecified atom stereocenters. The first-order valence-electron chi connectivity index (χ1n) is 8.90. The molecule has 23 heavy (non-hydrogen) atoms. The number of rotatable bonds is 5. The molecule has 2 heterocycles. The molecule has 1 aliphatic heterocycles. The number of pyridine rings is 1. The van der Waals surface area contributed by atoms with Crippen LogP contribution in [-0.4, -0.2) is 52.9 Å². The van der Waals surface area contributed by atoms with E-state index in [-0.39, 0.29) is 6.10 Å². The van der Waals surface area contributed by atoms with Crippen LogP contribution in [0, 0.1) is 0 Å². The van der Waals surface area contributed by atoms with Gasteiger partial charge in [0.2, 0.25) is 0 Å². The van der Waals surface area contributed by atoms with Gasteiger partial charge < -0.3 is 15.6 Å². The number of nitrogen functional groups attached to an aromatic ring is 1. The molecule has 1 saturated heterocycles. The Morgan fingerprint density at radius 3 is 2.96 bits per heavy atom. The first-order valence-corrected chi connectivity index (χ1v) is 8.90. The molecule has 0 spiro atoms. The first kappa shape index (κ1) is 16.7. The van der Waals surface area contributed by atoms with Crippen LogP contribution in [0.4, 0.5) is 5.82 Å². The summed E-state index contributed by atoms with van der Waals surface area (Å²) in [7, 11) is 0. The van der Waals surface area contributed by atoms with Crippen molar-refractivity contribution in [2.24, 2.45) is 0 Å². The lowest BCUT2D eigenvalue weighted by Crippen LogP contribution is -2.50. The van der Waals surface area contributed by atoms with E-state index in [4.69, 9.17) is 10.5 Å². The molecule has 5 nitrogen and oxygen atoms in total. The Morgan fingerprint density at radius 2 is 2.17 bits per heavy atom. The maximum Gasteiger partial charge on any atom is 0.123 e. The molecule has 1 aromatic heterocycles. The van der Waals surface area contributed by atoms with Gasteiger partial charge in [0, 0.05) is 25.8 Å². The Balaban J connectivity index is 1.48. The predicted molar refractivity (Wildman–Crippen MR) is 91.2 cm³/mol. The lowest BCUT2D eigenvalue weighted by Gasteiger charge is -2.40. The number of hydrogen-bond donors (Lipinski definition) is 2. The molecule has 0 radical (unpaired) electrons. The third kappa shape index (κ3) is 4.90. The number of nitrogens with two attached hydrogens (primary N) is 1. The lowest BCUT2D eigenvalue weighted by atomic mass is 9.84. The van der Waals surface area contributed by atoms with E-state index in [9.17, 15) is 5.11 Å². The van der Waals surface area contributed by atoms with Crippen molar-refractivity contribution in [3.8, 4) is 0 Å². The fourth-order valence-corrected chi connectivity index (χ4v) is 3.86. The number of anilines is 1. The Hall–Kier alpha value is -1.17. The molecule has 1 aromatic rings. The fourth-order valence-electron chi connectivity index (χ4n) is 3.86. The van der Waals surface area contributed by atoms with Crippen LogP contribution in [-0.2, 0) is 11.2 Å². The quantitative estimate of drug-likeness (QED) is 0.868. The van der Waals surface area contributed by atoms with E-state index >= 15 is 0 Å². The zero-order chi connectivity index (χ0) is 16.1. The lowest BCUT2D eigenvalue weighted by molar-refractivity contribution is -0.0769. The molecule has 2 aliphatic rings. The second kappa shape index (κ2) is 7.60. The van der Waals surface area contributed by atoms with Gasteiger partial charge in [0.15, 0.2) is 0 Å². The largest absolute Gasteiger partial charge is 0.389 e. The normalized spacial score (nSPS) is 25.3. The van der Waals surface area contributed by atoms with Crippen molar-refractivity contribution >= 4 is 5.82 Å². The van der Waals surface area contributed by atoms with E-state index in [0.29, 0.717) is 5.82 Å². The van der Waals surface area contributed by atoms with Crippen molar-refractivity contribution in [2.45, 2.75) is 56.7 Å². The van der Waals surface area contributed by atoms with E-state index in [0.717, 1.165) is 64.8 Å². The van der Waals surface area contributed by atoms with Crippen LogP contribution in [0.5, 0.6) is 0 Å². The monoisotopic (exact) mass is 319 g/mol. The highest BCUT2D eigenvalue weighted by molar-refractivity contribution is 5.31. The van der Waals surface area contributed by atoms with Gasteiger partial charge in [0.05, 0.1) is 18.3 Å². The summed E-state index contributed by atoms with van der Waals surface area (Å²) >= 11 is 0. The van der Waals surface area contributed by atoms with Crippen LogP contribution in [0.1, 0.15) is 44.1 Å². The highest BCUT2D eigenvalue weighted by Crippen LogP contribution is 2.29. The zero-order valence-electron chi connectivity index (χ0n) is 13.9. The number of aryl methyl sites for hydroxylation is 1. The Morgan fingerprint density at radius 1 is 1.35 bits per heavy atom. The SMILES string of the molecule is Nc1cc(CCC2CN(CC3(O)CCCCC3)CCO2)ccn1. The van der Waals surface area contributed by atoms with Crippen molar-refractivity contribution in [3.05, 3.63) is 23.9 Å². The van der Waals surface area contributed by atoms with Crippen molar-refractivity contribution in [1.82, 2.24) is 9.88 Å². The van der Waals surface area contributed by atoms with Crippen LogP contribution in [0.3, 0.4) is 0 Å². The number of β-amino-alcohol motifs (C(OH)–C–C–N with tert-alkyl or cyclic N) is 1. The number of ether oxygens (including phenoxy) is 1. The summed E-state index contributed by atoms with van der Waals surface area (Å²) in [5, 5.41) is 10.7. The van der Waals surface area contributed by atoms with E-state index in [1.54, 1.807) is 6.20 Å². The minimum atomic E-state index is -0.473. The maximum absolute atomic E-state index is 10.7. The maximum atomic E-state index is 10.7. The van der Waals surface area contributed by atoms with Crippen molar-refractivity contribution in [3.63, 3.8) is 0 Å². The van der Waals surface area contributed by atoms with Crippen LogP contribution < -0.4 is 5.73 Å². The molecule has 1 atom stereocenters. The summed E-state index contributed by atoms with van der Waals surface area (Å²) in [6.45, 7) is 3.41. The summed E-state index contributed by atoms with van der Waals surface area (Å²) in [6, 6.07) is 3.95. The molecule has 1 saturated carbocycles. The molecule has 3 N–H and O–H groups in total. The summed E-state index contributed by atoms with van der Waals surface area (Å²) in [4.78, 5) is 6.42. The molecule has 128 valence electrons. The predicted octanol–water partition coefficient (Wildman–Crippen LogP) is 1.99. The van der Waals surface area contributed by atoms with E-state index in [1.165, 1.54) is 12.0 Å². The Labute approximate surface area is 138 Å². The van der Waals surface area contributed by atoms with E-state index in [1.807, 2.05) is 12.1 Å². The summed E-state index contributed by atoms with van der Waals surface area (Å²) in [5.74, 6) is 0.577. The van der Waals surface area contributed by atoms with E-state index < -0.39 is 5.60 Å². The molecule has 2 fully saturated rings. The van der Waals surface area contributed by atoms with Crippen molar-refractivity contribution < 1.29 is 9.84 Å². The number of nitrogens with zero attached hydrogens (tertiary/aromatic N) is 2. The van der Waals surface area contributed by atoms with Gasteiger partial charge in [0.25, 0.3) is 0 Å². The molecule has 0 bridgehead atoms. The highest BCUT2D eigenvalue weighted by Gasteiger charge is 2.33. The van der Waals surface area contributed by atoms with E-state index in [2.05, 4.69) is 9.88 Å². The average Bonchev–Trinajstić information content (AvgIpc) is 2.54. The second-order valence-corrected chi connectivity index (χ2v) is 7.14. The topological polar surface area (TPSA) is 71.6 Å². The molecule has 1 aliphatic carbocycles. The summed E-state index contributed by atoms with van der Waals surface area (Å²) in [5.41, 5.74) is 6.47. The number of aromatic nitrogens is 1. The first-order chi connectivity index (χ1) is 11.1. The second-order valence-electron chi connectivity index (χ2n) is 7.14. The number of hydrogen-bond acceptors (Lipinski definition) is 5. The average molecular weight is 319 g/mol.